The Balaban J connectivity index is 2.41. The molecule has 1 heterocycles. The molecule has 0 aliphatic carbocycles. The zero-order valence-electron chi connectivity index (χ0n) is 10.9. The van der Waals surface area contributed by atoms with Crippen molar-refractivity contribution in [2.75, 3.05) is 30.8 Å². The number of hydrogen-bond donors (Lipinski definition) is 3. The van der Waals surface area contributed by atoms with Gasteiger partial charge in [0.05, 0.1) is 6.61 Å². The monoisotopic (exact) mass is 255 g/mol. The van der Waals surface area contributed by atoms with Gasteiger partial charge in [0.1, 0.15) is 0 Å². The first kappa shape index (κ1) is 14.4. The van der Waals surface area contributed by atoms with E-state index in [4.69, 9.17) is 15.6 Å². The minimum atomic E-state index is 0.139. The standard InChI is InChI=1S/C11H21N5O2/c1-3-18-11-15-9(12)14-10(16-11)13-6-4-5-8(2)7-17/h8,17H,3-7H2,1-2H3,(H3,12,13,14,15,16). The van der Waals surface area contributed by atoms with Crippen LogP contribution in [0, 0.1) is 5.92 Å². The number of nitrogen functional groups attached to an aromatic ring is 1. The maximum Gasteiger partial charge on any atom is 0.323 e. The number of ether oxygens (including phenoxy) is 1. The van der Waals surface area contributed by atoms with Gasteiger partial charge in [-0.05, 0) is 25.7 Å². The molecule has 1 unspecified atom stereocenters. The maximum absolute atomic E-state index is 8.90. The summed E-state index contributed by atoms with van der Waals surface area (Å²) >= 11 is 0. The maximum atomic E-state index is 8.90. The lowest BCUT2D eigenvalue weighted by atomic mass is 10.1. The second-order valence-electron chi connectivity index (χ2n) is 4.09. The summed E-state index contributed by atoms with van der Waals surface area (Å²) in [5.41, 5.74) is 5.55. The minimum Gasteiger partial charge on any atom is -0.464 e. The van der Waals surface area contributed by atoms with E-state index in [0.29, 0.717) is 18.5 Å². The molecule has 0 amide bonds. The quantitative estimate of drug-likeness (QED) is 0.586. The van der Waals surface area contributed by atoms with Gasteiger partial charge in [0.15, 0.2) is 0 Å². The van der Waals surface area contributed by atoms with Crippen molar-refractivity contribution in [3.05, 3.63) is 0 Å². The highest BCUT2D eigenvalue weighted by atomic mass is 16.5. The van der Waals surface area contributed by atoms with Crippen molar-refractivity contribution in [2.24, 2.45) is 5.92 Å². The van der Waals surface area contributed by atoms with E-state index < -0.39 is 0 Å². The summed E-state index contributed by atoms with van der Waals surface area (Å²) in [6.07, 6.45) is 1.87. The van der Waals surface area contributed by atoms with Crippen LogP contribution in [0.15, 0.2) is 0 Å². The molecule has 1 aromatic heterocycles. The lowest BCUT2D eigenvalue weighted by Gasteiger charge is -2.09. The number of hydrogen-bond acceptors (Lipinski definition) is 7. The van der Waals surface area contributed by atoms with Crippen LogP contribution in [0.1, 0.15) is 26.7 Å². The van der Waals surface area contributed by atoms with Crippen molar-refractivity contribution >= 4 is 11.9 Å². The van der Waals surface area contributed by atoms with E-state index >= 15 is 0 Å². The van der Waals surface area contributed by atoms with Crippen molar-refractivity contribution in [1.29, 1.82) is 0 Å². The Labute approximate surface area is 107 Å². The highest BCUT2D eigenvalue weighted by Crippen LogP contribution is 2.09. The fourth-order valence-corrected chi connectivity index (χ4v) is 1.39. The molecule has 0 bridgehead atoms. The van der Waals surface area contributed by atoms with E-state index in [1.165, 1.54) is 0 Å². The Morgan fingerprint density at radius 1 is 1.39 bits per heavy atom. The third kappa shape index (κ3) is 5.13. The number of nitrogens with one attached hydrogen (secondary N) is 1. The Bertz CT molecular complexity index is 361. The van der Waals surface area contributed by atoms with E-state index in [1.807, 2.05) is 13.8 Å². The Hall–Kier alpha value is -1.63. The van der Waals surface area contributed by atoms with Gasteiger partial charge < -0.3 is 20.9 Å². The molecular weight excluding hydrogens is 234 g/mol. The lowest BCUT2D eigenvalue weighted by molar-refractivity contribution is 0.229. The van der Waals surface area contributed by atoms with E-state index in [9.17, 15) is 0 Å². The first-order valence-corrected chi connectivity index (χ1v) is 6.14. The van der Waals surface area contributed by atoms with Gasteiger partial charge in [-0.2, -0.15) is 15.0 Å². The average Bonchev–Trinajstić information content (AvgIpc) is 2.34. The summed E-state index contributed by atoms with van der Waals surface area (Å²) in [4.78, 5) is 11.9. The largest absolute Gasteiger partial charge is 0.464 e. The molecule has 18 heavy (non-hydrogen) atoms. The van der Waals surface area contributed by atoms with E-state index in [1.54, 1.807) is 0 Å². The van der Waals surface area contributed by atoms with Crippen LogP contribution in [0.5, 0.6) is 6.01 Å². The molecule has 0 radical (unpaired) electrons. The van der Waals surface area contributed by atoms with Gasteiger partial charge in [0, 0.05) is 13.2 Å². The molecule has 1 atom stereocenters. The number of aliphatic hydroxyl groups is 1. The molecule has 7 heteroatoms. The molecule has 1 aromatic rings. The van der Waals surface area contributed by atoms with Crippen LogP contribution in [0.2, 0.25) is 0 Å². The molecule has 0 saturated carbocycles. The molecule has 0 aromatic carbocycles. The predicted octanol–water partition coefficient (Wildman–Crippen LogP) is 0.673. The van der Waals surface area contributed by atoms with Crippen LogP contribution in [-0.4, -0.2) is 39.8 Å². The molecule has 102 valence electrons. The fraction of sp³-hybridized carbons (Fsp3) is 0.727. The lowest BCUT2D eigenvalue weighted by Crippen LogP contribution is -2.11. The molecule has 4 N–H and O–H groups in total. The van der Waals surface area contributed by atoms with Crippen molar-refractivity contribution < 1.29 is 9.84 Å². The Morgan fingerprint density at radius 3 is 2.83 bits per heavy atom. The van der Waals surface area contributed by atoms with Gasteiger partial charge in [-0.1, -0.05) is 6.92 Å². The van der Waals surface area contributed by atoms with E-state index in [-0.39, 0.29) is 18.6 Å². The minimum absolute atomic E-state index is 0.139. The first-order chi connectivity index (χ1) is 8.65. The third-order valence-corrected chi connectivity index (χ3v) is 2.37. The summed E-state index contributed by atoms with van der Waals surface area (Å²) in [5, 5.41) is 12.0. The molecule has 0 aliphatic rings. The molecule has 0 fully saturated rings. The second-order valence-corrected chi connectivity index (χ2v) is 4.09. The number of aromatic nitrogens is 3. The smallest absolute Gasteiger partial charge is 0.323 e. The van der Waals surface area contributed by atoms with Gasteiger partial charge in [-0.25, -0.2) is 0 Å². The molecule has 1 rings (SSSR count). The summed E-state index contributed by atoms with van der Waals surface area (Å²) < 4.78 is 5.17. The van der Waals surface area contributed by atoms with Crippen LogP contribution in [0.25, 0.3) is 0 Å². The van der Waals surface area contributed by atoms with Gasteiger partial charge in [0.25, 0.3) is 0 Å². The van der Waals surface area contributed by atoms with E-state index in [2.05, 4.69) is 20.3 Å². The predicted molar refractivity (Wildman–Crippen MR) is 69.4 cm³/mol. The highest BCUT2D eigenvalue weighted by molar-refractivity contribution is 5.32. The normalized spacial score (nSPS) is 12.2. The topological polar surface area (TPSA) is 106 Å². The average molecular weight is 255 g/mol. The van der Waals surface area contributed by atoms with Crippen LogP contribution >= 0.6 is 0 Å². The number of rotatable bonds is 8. The van der Waals surface area contributed by atoms with Gasteiger partial charge in [-0.3, -0.25) is 0 Å². The van der Waals surface area contributed by atoms with E-state index in [0.717, 1.165) is 19.4 Å². The van der Waals surface area contributed by atoms with Gasteiger partial charge in [0.2, 0.25) is 11.9 Å². The SMILES string of the molecule is CCOc1nc(N)nc(NCCCC(C)CO)n1. The number of nitrogens with two attached hydrogens (primary N) is 1. The Kier molecular flexibility index (Phi) is 6.13. The first-order valence-electron chi connectivity index (χ1n) is 6.14. The second kappa shape index (κ2) is 7.65. The molecular formula is C11H21N5O2. The van der Waals surface area contributed by atoms with Gasteiger partial charge in [-0.15, -0.1) is 0 Å². The molecule has 0 aliphatic heterocycles. The summed E-state index contributed by atoms with van der Waals surface area (Å²) in [5.74, 6) is 0.872. The summed E-state index contributed by atoms with van der Waals surface area (Å²) in [6, 6.07) is 0.233. The molecule has 0 spiro atoms. The summed E-state index contributed by atoms with van der Waals surface area (Å²) in [6.45, 7) is 5.28. The molecule has 0 saturated heterocycles. The van der Waals surface area contributed by atoms with Gasteiger partial charge >= 0.3 is 6.01 Å². The zero-order chi connectivity index (χ0) is 13.4. The van der Waals surface area contributed by atoms with Crippen molar-refractivity contribution in [3.63, 3.8) is 0 Å². The number of aliphatic hydroxyl groups excluding tert-OH is 1. The van der Waals surface area contributed by atoms with Crippen molar-refractivity contribution in [2.45, 2.75) is 26.7 Å². The van der Waals surface area contributed by atoms with Crippen LogP contribution < -0.4 is 15.8 Å². The van der Waals surface area contributed by atoms with Crippen LogP contribution in [0.4, 0.5) is 11.9 Å². The van der Waals surface area contributed by atoms with Crippen LogP contribution in [0.3, 0.4) is 0 Å². The fourth-order valence-electron chi connectivity index (χ4n) is 1.39. The highest BCUT2D eigenvalue weighted by Gasteiger charge is 2.05. The number of anilines is 2. The summed E-state index contributed by atoms with van der Waals surface area (Å²) in [7, 11) is 0. The zero-order valence-corrected chi connectivity index (χ0v) is 10.9. The Morgan fingerprint density at radius 2 is 2.17 bits per heavy atom. The molecule has 7 nitrogen and oxygen atoms in total. The number of nitrogens with zero attached hydrogens (tertiary/aromatic N) is 3. The van der Waals surface area contributed by atoms with Crippen molar-refractivity contribution in [3.8, 4) is 6.01 Å². The van der Waals surface area contributed by atoms with Crippen molar-refractivity contribution in [1.82, 2.24) is 15.0 Å². The van der Waals surface area contributed by atoms with Crippen LogP contribution in [-0.2, 0) is 0 Å². The third-order valence-electron chi connectivity index (χ3n) is 2.37.